The first-order valence-corrected chi connectivity index (χ1v) is 10.8. The molecule has 4 aromatic rings. The van der Waals surface area contributed by atoms with Crippen molar-refractivity contribution in [2.75, 3.05) is 11.9 Å². The molecular formula is C20H15Cl3N4O2S. The Kier molecular flexibility index (Phi) is 5.88. The highest BCUT2D eigenvalue weighted by Gasteiger charge is 2.16. The number of amides is 1. The van der Waals surface area contributed by atoms with Crippen molar-refractivity contribution in [2.24, 2.45) is 0 Å². The van der Waals surface area contributed by atoms with E-state index in [-0.39, 0.29) is 18.5 Å². The lowest BCUT2D eigenvalue weighted by molar-refractivity contribution is -0.118. The number of carbonyl (C=O) groups excluding carboxylic acids is 1. The van der Waals surface area contributed by atoms with Crippen molar-refractivity contribution in [1.29, 1.82) is 0 Å². The normalized spacial score (nSPS) is 11.1. The van der Waals surface area contributed by atoms with Gasteiger partial charge in [-0.1, -0.05) is 34.8 Å². The molecular weight excluding hydrogens is 467 g/mol. The van der Waals surface area contributed by atoms with Gasteiger partial charge in [0, 0.05) is 21.0 Å². The van der Waals surface area contributed by atoms with Crippen LogP contribution in [0, 0.1) is 13.8 Å². The van der Waals surface area contributed by atoms with Crippen LogP contribution >= 0.6 is 46.1 Å². The Labute approximate surface area is 191 Å². The molecule has 0 saturated carbocycles. The molecule has 0 aliphatic carbocycles. The molecule has 2 aromatic heterocycles. The first-order valence-electron chi connectivity index (χ1n) is 8.81. The average molecular weight is 482 g/mol. The first kappa shape index (κ1) is 20.9. The monoisotopic (exact) mass is 480 g/mol. The van der Waals surface area contributed by atoms with E-state index in [0.29, 0.717) is 25.8 Å². The Balaban J connectivity index is 1.49. The van der Waals surface area contributed by atoms with Crippen molar-refractivity contribution in [2.45, 2.75) is 13.8 Å². The number of anilines is 1. The van der Waals surface area contributed by atoms with Crippen molar-refractivity contribution in [3.63, 3.8) is 0 Å². The third-order valence-corrected chi connectivity index (χ3v) is 6.29. The van der Waals surface area contributed by atoms with Gasteiger partial charge in [-0.3, -0.25) is 10.1 Å². The molecule has 0 fully saturated rings. The standard InChI is InChI=1S/C20H15Cl3N4O2S/c1-10-5-13(6-11(2)18(10)23)29-8-17(28)24-19-25-20-27(26-19)16(9-30-20)14-7-12(21)3-4-15(14)22/h3-7,9H,8H2,1-2H3,(H,24,26,28). The lowest BCUT2D eigenvalue weighted by atomic mass is 10.1. The second-order valence-corrected chi connectivity index (χ2v) is 8.64. The van der Waals surface area contributed by atoms with Gasteiger partial charge < -0.3 is 4.74 Å². The van der Waals surface area contributed by atoms with Crippen molar-refractivity contribution in [3.8, 4) is 17.0 Å². The van der Waals surface area contributed by atoms with Crippen LogP contribution in [0.25, 0.3) is 16.2 Å². The van der Waals surface area contributed by atoms with Crippen molar-refractivity contribution in [1.82, 2.24) is 14.6 Å². The lowest BCUT2D eigenvalue weighted by Crippen LogP contribution is -2.21. The number of ether oxygens (including phenoxy) is 1. The van der Waals surface area contributed by atoms with Gasteiger partial charge in [0.1, 0.15) is 5.75 Å². The van der Waals surface area contributed by atoms with E-state index in [4.69, 9.17) is 39.5 Å². The molecule has 0 aliphatic rings. The summed E-state index contributed by atoms with van der Waals surface area (Å²) in [5, 5.41) is 10.7. The summed E-state index contributed by atoms with van der Waals surface area (Å²) in [6, 6.07) is 8.77. The number of thiazole rings is 1. The number of aryl methyl sites for hydroxylation is 2. The maximum atomic E-state index is 12.3. The van der Waals surface area contributed by atoms with Gasteiger partial charge in [-0.25, -0.2) is 4.52 Å². The Bertz CT molecular complexity index is 1250. The van der Waals surface area contributed by atoms with Crippen molar-refractivity contribution in [3.05, 3.63) is 61.9 Å². The SMILES string of the molecule is Cc1cc(OCC(=O)Nc2nc3scc(-c4cc(Cl)ccc4Cl)n3n2)cc(C)c1Cl. The number of aromatic nitrogens is 3. The number of hydrogen-bond acceptors (Lipinski definition) is 5. The third kappa shape index (κ3) is 4.25. The summed E-state index contributed by atoms with van der Waals surface area (Å²) in [6.07, 6.45) is 0. The molecule has 0 atom stereocenters. The summed E-state index contributed by atoms with van der Waals surface area (Å²) in [4.78, 5) is 17.2. The van der Waals surface area contributed by atoms with E-state index < -0.39 is 0 Å². The zero-order valence-electron chi connectivity index (χ0n) is 15.9. The highest BCUT2D eigenvalue weighted by molar-refractivity contribution is 7.15. The van der Waals surface area contributed by atoms with Crippen molar-refractivity contribution >= 4 is 63.0 Å². The minimum Gasteiger partial charge on any atom is -0.484 e. The molecule has 0 unspecified atom stereocenters. The highest BCUT2D eigenvalue weighted by atomic mass is 35.5. The Hall–Kier alpha value is -2.32. The summed E-state index contributed by atoms with van der Waals surface area (Å²) >= 11 is 19.9. The van der Waals surface area contributed by atoms with Crippen LogP contribution in [0.15, 0.2) is 35.7 Å². The molecule has 2 aromatic carbocycles. The summed E-state index contributed by atoms with van der Waals surface area (Å²) in [7, 11) is 0. The van der Waals surface area contributed by atoms with E-state index in [0.717, 1.165) is 22.4 Å². The molecule has 0 bridgehead atoms. The molecule has 4 rings (SSSR count). The fourth-order valence-electron chi connectivity index (χ4n) is 2.91. The van der Waals surface area contributed by atoms with Crippen LogP contribution in [-0.2, 0) is 4.79 Å². The van der Waals surface area contributed by atoms with Crippen molar-refractivity contribution < 1.29 is 9.53 Å². The predicted molar refractivity (Wildman–Crippen MR) is 121 cm³/mol. The summed E-state index contributed by atoms with van der Waals surface area (Å²) in [5.41, 5.74) is 3.24. The average Bonchev–Trinajstić information content (AvgIpc) is 3.26. The number of fused-ring (bicyclic) bond motifs is 1. The molecule has 0 radical (unpaired) electrons. The minimum atomic E-state index is -0.374. The fourth-order valence-corrected chi connectivity index (χ4v) is 4.23. The van der Waals surface area contributed by atoms with Crippen LogP contribution in [0.3, 0.4) is 0 Å². The van der Waals surface area contributed by atoms with Gasteiger partial charge in [0.15, 0.2) is 6.61 Å². The highest BCUT2D eigenvalue weighted by Crippen LogP contribution is 2.33. The number of halogens is 3. The molecule has 10 heteroatoms. The van der Waals surface area contributed by atoms with E-state index in [9.17, 15) is 4.79 Å². The number of nitrogens with one attached hydrogen (secondary N) is 1. The molecule has 1 N–H and O–H groups in total. The quantitative estimate of drug-likeness (QED) is 0.376. The second kappa shape index (κ2) is 8.43. The predicted octanol–water partition coefficient (Wildman–Crippen LogP) is 6.05. The number of hydrogen-bond donors (Lipinski definition) is 1. The van der Waals surface area contributed by atoms with Gasteiger partial charge >= 0.3 is 0 Å². The molecule has 30 heavy (non-hydrogen) atoms. The zero-order chi connectivity index (χ0) is 21.4. The number of carbonyl (C=O) groups is 1. The Morgan fingerprint density at radius 3 is 2.63 bits per heavy atom. The zero-order valence-corrected chi connectivity index (χ0v) is 19.0. The van der Waals surface area contributed by atoms with E-state index in [1.807, 2.05) is 19.2 Å². The lowest BCUT2D eigenvalue weighted by Gasteiger charge is -2.09. The first-order chi connectivity index (χ1) is 14.3. The fraction of sp³-hybridized carbons (Fsp3) is 0.150. The Morgan fingerprint density at radius 1 is 1.17 bits per heavy atom. The Morgan fingerprint density at radius 2 is 1.90 bits per heavy atom. The van der Waals surface area contributed by atoms with Crippen LogP contribution in [0.5, 0.6) is 5.75 Å². The van der Waals surface area contributed by atoms with E-state index in [1.54, 1.807) is 34.8 Å². The van der Waals surface area contributed by atoms with Gasteiger partial charge in [0.2, 0.25) is 4.96 Å². The molecule has 0 saturated heterocycles. The second-order valence-electron chi connectivity index (χ2n) is 6.58. The summed E-state index contributed by atoms with van der Waals surface area (Å²) in [6.45, 7) is 3.59. The molecule has 0 aliphatic heterocycles. The van der Waals surface area contributed by atoms with Crippen LogP contribution < -0.4 is 10.1 Å². The van der Waals surface area contributed by atoms with Gasteiger partial charge in [0.25, 0.3) is 11.9 Å². The number of rotatable bonds is 5. The summed E-state index contributed by atoms with van der Waals surface area (Å²) in [5.74, 6) is 0.375. The maximum absolute atomic E-state index is 12.3. The van der Waals surface area contributed by atoms with Gasteiger partial charge in [-0.05, 0) is 55.3 Å². The van der Waals surface area contributed by atoms with Gasteiger partial charge in [-0.2, -0.15) is 4.98 Å². The topological polar surface area (TPSA) is 68.5 Å². The molecule has 1 amide bonds. The molecule has 6 nitrogen and oxygen atoms in total. The van der Waals surface area contributed by atoms with Crippen LogP contribution in [0.1, 0.15) is 11.1 Å². The third-order valence-electron chi connectivity index (χ3n) is 4.32. The van der Waals surface area contributed by atoms with Crippen LogP contribution in [0.4, 0.5) is 5.95 Å². The number of nitrogens with zero attached hydrogens (tertiary/aromatic N) is 3. The minimum absolute atomic E-state index is 0.179. The summed E-state index contributed by atoms with van der Waals surface area (Å²) < 4.78 is 7.19. The van der Waals surface area contributed by atoms with E-state index in [1.165, 1.54) is 11.3 Å². The maximum Gasteiger partial charge on any atom is 0.264 e. The largest absolute Gasteiger partial charge is 0.484 e. The number of benzene rings is 2. The molecule has 2 heterocycles. The van der Waals surface area contributed by atoms with Crippen LogP contribution in [-0.4, -0.2) is 27.1 Å². The van der Waals surface area contributed by atoms with E-state index in [2.05, 4.69) is 15.4 Å². The smallest absolute Gasteiger partial charge is 0.264 e. The van der Waals surface area contributed by atoms with E-state index >= 15 is 0 Å². The van der Waals surface area contributed by atoms with Crippen LogP contribution in [0.2, 0.25) is 15.1 Å². The molecule has 154 valence electrons. The van der Waals surface area contributed by atoms with Gasteiger partial charge in [0.05, 0.1) is 10.7 Å². The molecule has 0 spiro atoms. The van der Waals surface area contributed by atoms with Gasteiger partial charge in [-0.15, -0.1) is 16.4 Å².